The summed E-state index contributed by atoms with van der Waals surface area (Å²) in [6, 6.07) is 7.32. The van der Waals surface area contributed by atoms with Crippen molar-refractivity contribution in [1.82, 2.24) is 24.8 Å². The lowest BCUT2D eigenvalue weighted by molar-refractivity contribution is -0.138. The van der Waals surface area contributed by atoms with E-state index in [-0.39, 0.29) is 17.9 Å². The summed E-state index contributed by atoms with van der Waals surface area (Å²) >= 11 is 5.93. The molecule has 0 atom stereocenters. The predicted molar refractivity (Wildman–Crippen MR) is 118 cm³/mol. The normalized spacial score (nSPS) is 18.1. The molecule has 0 N–H and O–H groups in total. The van der Waals surface area contributed by atoms with Crippen LogP contribution in [0.3, 0.4) is 0 Å². The fourth-order valence-electron chi connectivity index (χ4n) is 4.15. The number of likely N-dealkylation sites (tertiary alicyclic amines) is 1. The van der Waals surface area contributed by atoms with E-state index in [1.165, 1.54) is 0 Å². The van der Waals surface area contributed by atoms with Crippen LogP contribution in [0, 0.1) is 5.92 Å². The van der Waals surface area contributed by atoms with Crippen molar-refractivity contribution in [1.29, 1.82) is 0 Å². The Labute approximate surface area is 192 Å². The molecule has 2 saturated heterocycles. The lowest BCUT2D eigenvalue weighted by Crippen LogP contribution is -2.53. The molecule has 0 unspecified atom stereocenters. The van der Waals surface area contributed by atoms with Crippen molar-refractivity contribution in [3.8, 4) is 11.4 Å². The van der Waals surface area contributed by atoms with Crippen molar-refractivity contribution < 1.29 is 18.8 Å². The van der Waals surface area contributed by atoms with Gasteiger partial charge in [0.2, 0.25) is 17.6 Å². The number of piperidine rings is 1. The van der Waals surface area contributed by atoms with Crippen LogP contribution in [0.1, 0.15) is 25.7 Å². The summed E-state index contributed by atoms with van der Waals surface area (Å²) in [6.07, 6.45) is 1.30. The van der Waals surface area contributed by atoms with E-state index in [0.29, 0.717) is 56.1 Å². The Morgan fingerprint density at radius 3 is 2.38 bits per heavy atom. The Bertz CT molecular complexity index is 919. The Morgan fingerprint density at radius 2 is 1.72 bits per heavy atom. The van der Waals surface area contributed by atoms with Crippen LogP contribution in [-0.4, -0.2) is 82.7 Å². The molecular formula is C22H28ClN5O4. The second kappa shape index (κ2) is 10.3. The Morgan fingerprint density at radius 1 is 1.06 bits per heavy atom. The van der Waals surface area contributed by atoms with Gasteiger partial charge < -0.3 is 19.1 Å². The van der Waals surface area contributed by atoms with Crippen molar-refractivity contribution in [3.63, 3.8) is 0 Å². The summed E-state index contributed by atoms with van der Waals surface area (Å²) < 4.78 is 10.5. The van der Waals surface area contributed by atoms with Crippen molar-refractivity contribution >= 4 is 23.6 Å². The Hall–Kier alpha value is -2.65. The van der Waals surface area contributed by atoms with Gasteiger partial charge >= 0.3 is 6.09 Å². The molecule has 2 fully saturated rings. The summed E-state index contributed by atoms with van der Waals surface area (Å²) in [6.45, 7) is 6.51. The van der Waals surface area contributed by atoms with E-state index in [4.69, 9.17) is 20.9 Å². The fraction of sp³-hybridized carbons (Fsp3) is 0.545. The van der Waals surface area contributed by atoms with Gasteiger partial charge in [0.05, 0.1) is 13.2 Å². The number of halogens is 1. The summed E-state index contributed by atoms with van der Waals surface area (Å²) in [7, 11) is 0. The molecule has 2 aliphatic heterocycles. The number of hydrogen-bond acceptors (Lipinski definition) is 7. The average Bonchev–Trinajstić information content (AvgIpc) is 3.28. The highest BCUT2D eigenvalue weighted by atomic mass is 35.5. The smallest absolute Gasteiger partial charge is 0.409 e. The molecule has 3 heterocycles. The highest BCUT2D eigenvalue weighted by molar-refractivity contribution is 6.30. The lowest BCUT2D eigenvalue weighted by atomic mass is 9.95. The van der Waals surface area contributed by atoms with Crippen LogP contribution in [0.4, 0.5) is 4.79 Å². The van der Waals surface area contributed by atoms with Crippen molar-refractivity contribution in [2.75, 3.05) is 45.9 Å². The van der Waals surface area contributed by atoms with E-state index in [9.17, 15) is 9.59 Å². The van der Waals surface area contributed by atoms with Crippen LogP contribution in [0.5, 0.6) is 0 Å². The van der Waals surface area contributed by atoms with Crippen LogP contribution < -0.4 is 0 Å². The third-order valence-electron chi connectivity index (χ3n) is 5.98. The highest BCUT2D eigenvalue weighted by Gasteiger charge is 2.32. The molecule has 172 valence electrons. The Balaban J connectivity index is 1.23. The monoisotopic (exact) mass is 461 g/mol. The molecular weight excluding hydrogens is 434 g/mol. The summed E-state index contributed by atoms with van der Waals surface area (Å²) in [5.41, 5.74) is 0.858. The van der Waals surface area contributed by atoms with Crippen LogP contribution in [0.25, 0.3) is 11.4 Å². The molecule has 4 rings (SSSR count). The number of nitrogens with zero attached hydrogens (tertiary/aromatic N) is 5. The quantitative estimate of drug-likeness (QED) is 0.675. The standard InChI is InChI=1S/C22H28ClN5O4/c1-2-31-22(30)28-13-11-27(12-14-28)21(29)17-7-9-26(10-8-17)15-19-24-20(25-32-19)16-3-5-18(23)6-4-16/h3-6,17H,2,7-15H2,1H3. The SMILES string of the molecule is CCOC(=O)N1CCN(C(=O)C2CCN(Cc3nc(-c4ccc(Cl)cc4)no3)CC2)CC1. The zero-order valence-corrected chi connectivity index (χ0v) is 19.0. The van der Waals surface area contributed by atoms with Gasteiger partial charge in [0.1, 0.15) is 0 Å². The molecule has 32 heavy (non-hydrogen) atoms. The van der Waals surface area contributed by atoms with Gasteiger partial charge in [0.15, 0.2) is 0 Å². The van der Waals surface area contributed by atoms with E-state index < -0.39 is 0 Å². The molecule has 0 bridgehead atoms. The van der Waals surface area contributed by atoms with Crippen LogP contribution in [0.15, 0.2) is 28.8 Å². The van der Waals surface area contributed by atoms with Crippen molar-refractivity contribution in [2.45, 2.75) is 26.3 Å². The Kier molecular flexibility index (Phi) is 7.26. The fourth-order valence-corrected chi connectivity index (χ4v) is 4.27. The van der Waals surface area contributed by atoms with Crippen molar-refractivity contribution in [3.05, 3.63) is 35.2 Å². The van der Waals surface area contributed by atoms with Gasteiger partial charge in [-0.1, -0.05) is 16.8 Å². The number of piperazine rings is 1. The first-order valence-electron chi connectivity index (χ1n) is 11.0. The molecule has 0 spiro atoms. The molecule has 2 aliphatic rings. The second-order valence-corrected chi connectivity index (χ2v) is 8.52. The minimum absolute atomic E-state index is 0.0210. The van der Waals surface area contributed by atoms with Crippen LogP contribution >= 0.6 is 11.6 Å². The predicted octanol–water partition coefficient (Wildman–Crippen LogP) is 2.90. The van der Waals surface area contributed by atoms with Crippen LogP contribution in [0.2, 0.25) is 5.02 Å². The van der Waals surface area contributed by atoms with Crippen LogP contribution in [-0.2, 0) is 16.1 Å². The van der Waals surface area contributed by atoms with Crippen molar-refractivity contribution in [2.24, 2.45) is 5.92 Å². The minimum atomic E-state index is -0.298. The molecule has 9 nitrogen and oxygen atoms in total. The number of hydrogen-bond donors (Lipinski definition) is 0. The maximum atomic E-state index is 12.9. The highest BCUT2D eigenvalue weighted by Crippen LogP contribution is 2.23. The third-order valence-corrected chi connectivity index (χ3v) is 6.24. The topological polar surface area (TPSA) is 92.0 Å². The molecule has 1 aromatic carbocycles. The van der Waals surface area contributed by atoms with Gasteiger partial charge in [-0.2, -0.15) is 4.98 Å². The van der Waals surface area contributed by atoms with Gasteiger partial charge in [-0.05, 0) is 57.1 Å². The summed E-state index contributed by atoms with van der Waals surface area (Å²) in [5.74, 6) is 1.32. The summed E-state index contributed by atoms with van der Waals surface area (Å²) in [4.78, 5) is 35.0. The first-order valence-corrected chi connectivity index (χ1v) is 11.4. The lowest BCUT2D eigenvalue weighted by Gasteiger charge is -2.38. The number of rotatable bonds is 5. The van der Waals surface area contributed by atoms with Gasteiger partial charge in [-0.15, -0.1) is 0 Å². The maximum absolute atomic E-state index is 12.9. The number of carbonyl (C=O) groups is 2. The van der Waals surface area contributed by atoms with E-state index in [0.717, 1.165) is 31.5 Å². The number of amides is 2. The van der Waals surface area contributed by atoms with E-state index in [1.807, 2.05) is 17.0 Å². The number of aromatic nitrogens is 2. The molecule has 0 saturated carbocycles. The third kappa shape index (κ3) is 5.39. The molecule has 0 aliphatic carbocycles. The first kappa shape index (κ1) is 22.5. The molecule has 0 radical (unpaired) electrons. The largest absolute Gasteiger partial charge is 0.450 e. The minimum Gasteiger partial charge on any atom is -0.450 e. The molecule has 10 heteroatoms. The van der Waals surface area contributed by atoms with E-state index in [2.05, 4.69) is 15.0 Å². The second-order valence-electron chi connectivity index (χ2n) is 8.08. The molecule has 2 aromatic rings. The average molecular weight is 462 g/mol. The maximum Gasteiger partial charge on any atom is 0.409 e. The summed E-state index contributed by atoms with van der Waals surface area (Å²) in [5, 5.41) is 4.73. The van der Waals surface area contributed by atoms with E-state index in [1.54, 1.807) is 24.0 Å². The zero-order valence-electron chi connectivity index (χ0n) is 18.2. The zero-order chi connectivity index (χ0) is 22.5. The van der Waals surface area contributed by atoms with Gasteiger partial charge in [-0.25, -0.2) is 4.79 Å². The van der Waals surface area contributed by atoms with Gasteiger partial charge in [0.25, 0.3) is 0 Å². The number of benzene rings is 1. The van der Waals surface area contributed by atoms with Gasteiger partial charge in [0, 0.05) is 42.7 Å². The number of carbonyl (C=O) groups excluding carboxylic acids is 2. The van der Waals surface area contributed by atoms with E-state index >= 15 is 0 Å². The number of ether oxygens (including phenoxy) is 1. The molecule has 1 aromatic heterocycles. The first-order chi connectivity index (χ1) is 15.5. The van der Waals surface area contributed by atoms with Gasteiger partial charge in [-0.3, -0.25) is 9.69 Å². The molecule has 2 amide bonds.